The average Bonchev–Trinajstić information content (AvgIpc) is 2.30. The molecule has 2 unspecified atom stereocenters. The molecule has 102 valence electrons. The maximum atomic E-state index is 9.27. The van der Waals surface area contributed by atoms with Crippen molar-refractivity contribution < 1.29 is 5.11 Å². The Balaban J connectivity index is 2.77. The van der Waals surface area contributed by atoms with Gasteiger partial charge in [0.15, 0.2) is 0 Å². The minimum absolute atomic E-state index is 0.154. The molecule has 4 nitrogen and oxygen atoms in total. The first-order valence-electron chi connectivity index (χ1n) is 6.04. The molecule has 2 N–H and O–H groups in total. The standard InChI is InChI=1S/C12H20BrN3OS/c1-4-5-11-15-10(13)6-12(16-11)14-8(2)9(7-17)18-3/h6,8-9,17H,4-5,7H2,1-3H3,(H,14,15,16). The fourth-order valence-corrected chi connectivity index (χ4v) is 2.68. The molecule has 0 spiro atoms. The highest BCUT2D eigenvalue weighted by Crippen LogP contribution is 2.18. The summed E-state index contributed by atoms with van der Waals surface area (Å²) in [5, 5.41) is 12.7. The van der Waals surface area contributed by atoms with Gasteiger partial charge in [0.05, 0.1) is 6.61 Å². The molecule has 0 saturated heterocycles. The van der Waals surface area contributed by atoms with Crippen LogP contribution in [-0.4, -0.2) is 39.2 Å². The third-order valence-electron chi connectivity index (χ3n) is 2.63. The third-order valence-corrected chi connectivity index (χ3v) is 4.20. The number of anilines is 1. The van der Waals surface area contributed by atoms with Crippen molar-refractivity contribution in [2.45, 2.75) is 38.0 Å². The summed E-state index contributed by atoms with van der Waals surface area (Å²) in [6, 6.07) is 2.02. The molecule has 0 aliphatic carbocycles. The van der Waals surface area contributed by atoms with Crippen molar-refractivity contribution in [2.75, 3.05) is 18.2 Å². The van der Waals surface area contributed by atoms with Crippen LogP contribution in [0.3, 0.4) is 0 Å². The summed E-state index contributed by atoms with van der Waals surface area (Å²) in [4.78, 5) is 8.80. The Labute approximate surface area is 121 Å². The first kappa shape index (κ1) is 15.7. The molecule has 6 heteroatoms. The van der Waals surface area contributed by atoms with E-state index in [9.17, 15) is 5.11 Å². The molecule has 0 amide bonds. The summed E-state index contributed by atoms with van der Waals surface area (Å²) in [6.45, 7) is 4.31. The monoisotopic (exact) mass is 333 g/mol. The number of aliphatic hydroxyl groups is 1. The molecule has 0 fully saturated rings. The van der Waals surface area contributed by atoms with Crippen molar-refractivity contribution in [1.29, 1.82) is 0 Å². The van der Waals surface area contributed by atoms with Gasteiger partial charge in [0, 0.05) is 23.8 Å². The van der Waals surface area contributed by atoms with E-state index in [-0.39, 0.29) is 17.9 Å². The van der Waals surface area contributed by atoms with Crippen LogP contribution in [0.1, 0.15) is 26.1 Å². The quantitative estimate of drug-likeness (QED) is 0.751. The number of aromatic nitrogens is 2. The Hall–Kier alpha value is -0.330. The van der Waals surface area contributed by atoms with Crippen molar-refractivity contribution in [1.82, 2.24) is 9.97 Å². The Morgan fingerprint density at radius 2 is 2.22 bits per heavy atom. The van der Waals surface area contributed by atoms with Crippen molar-refractivity contribution in [3.8, 4) is 0 Å². The number of nitrogens with one attached hydrogen (secondary N) is 1. The zero-order valence-electron chi connectivity index (χ0n) is 11.0. The van der Waals surface area contributed by atoms with Crippen molar-refractivity contribution in [3.63, 3.8) is 0 Å². The summed E-state index contributed by atoms with van der Waals surface area (Å²) >= 11 is 5.05. The molecule has 0 saturated carbocycles. The van der Waals surface area contributed by atoms with Crippen LogP contribution in [0.4, 0.5) is 5.82 Å². The second-order valence-corrected chi connectivity index (χ2v) is 6.02. The van der Waals surface area contributed by atoms with Gasteiger partial charge in [0.1, 0.15) is 16.2 Å². The Morgan fingerprint density at radius 3 is 2.78 bits per heavy atom. The Morgan fingerprint density at radius 1 is 1.50 bits per heavy atom. The molecular weight excluding hydrogens is 314 g/mol. The van der Waals surface area contributed by atoms with E-state index < -0.39 is 0 Å². The van der Waals surface area contributed by atoms with Gasteiger partial charge in [0.25, 0.3) is 0 Å². The van der Waals surface area contributed by atoms with Crippen LogP contribution in [0.25, 0.3) is 0 Å². The molecule has 0 radical (unpaired) electrons. The molecule has 1 aromatic heterocycles. The number of halogens is 1. The molecule has 1 rings (SSSR count). The van der Waals surface area contributed by atoms with Gasteiger partial charge in [0.2, 0.25) is 0 Å². The van der Waals surface area contributed by atoms with Crippen LogP contribution >= 0.6 is 27.7 Å². The third kappa shape index (κ3) is 4.74. The Bertz CT molecular complexity index is 374. The second kappa shape index (κ2) is 7.96. The molecular formula is C12H20BrN3OS. The highest BCUT2D eigenvalue weighted by Gasteiger charge is 2.15. The van der Waals surface area contributed by atoms with Gasteiger partial charge in [-0.1, -0.05) is 6.92 Å². The first-order chi connectivity index (χ1) is 8.60. The van der Waals surface area contributed by atoms with Crippen LogP contribution in [0.2, 0.25) is 0 Å². The van der Waals surface area contributed by atoms with Gasteiger partial charge in [-0.2, -0.15) is 11.8 Å². The van der Waals surface area contributed by atoms with Crippen LogP contribution in [0.5, 0.6) is 0 Å². The largest absolute Gasteiger partial charge is 0.395 e. The van der Waals surface area contributed by atoms with E-state index in [4.69, 9.17) is 0 Å². The topological polar surface area (TPSA) is 58.0 Å². The lowest BCUT2D eigenvalue weighted by molar-refractivity contribution is 0.288. The first-order valence-corrected chi connectivity index (χ1v) is 8.12. The normalized spacial score (nSPS) is 14.3. The van der Waals surface area contributed by atoms with E-state index in [2.05, 4.69) is 38.1 Å². The maximum Gasteiger partial charge on any atom is 0.132 e. The maximum absolute atomic E-state index is 9.27. The molecule has 0 bridgehead atoms. The number of hydrogen-bond acceptors (Lipinski definition) is 5. The lowest BCUT2D eigenvalue weighted by Gasteiger charge is -2.22. The van der Waals surface area contributed by atoms with E-state index in [0.29, 0.717) is 0 Å². The summed E-state index contributed by atoms with van der Waals surface area (Å²) < 4.78 is 0.792. The molecule has 1 heterocycles. The van der Waals surface area contributed by atoms with E-state index in [1.54, 1.807) is 11.8 Å². The fourth-order valence-electron chi connectivity index (χ4n) is 1.64. The summed E-state index contributed by atoms with van der Waals surface area (Å²) in [5.41, 5.74) is 0. The molecule has 0 aliphatic rings. The lowest BCUT2D eigenvalue weighted by Crippen LogP contribution is -2.31. The minimum atomic E-state index is 0.154. The van der Waals surface area contributed by atoms with Crippen molar-refractivity contribution in [3.05, 3.63) is 16.5 Å². The molecule has 0 aliphatic heterocycles. The number of aliphatic hydroxyl groups excluding tert-OH is 1. The second-order valence-electron chi connectivity index (χ2n) is 4.13. The van der Waals surface area contributed by atoms with Crippen LogP contribution in [0.15, 0.2) is 10.7 Å². The zero-order valence-corrected chi connectivity index (χ0v) is 13.4. The number of thioether (sulfide) groups is 1. The molecule has 1 aromatic rings. The van der Waals surface area contributed by atoms with Crippen LogP contribution < -0.4 is 5.32 Å². The van der Waals surface area contributed by atoms with Gasteiger partial charge in [-0.25, -0.2) is 9.97 Å². The summed E-state index contributed by atoms with van der Waals surface area (Å²) in [7, 11) is 0. The number of nitrogens with zero attached hydrogens (tertiary/aromatic N) is 2. The van der Waals surface area contributed by atoms with Crippen LogP contribution in [0, 0.1) is 0 Å². The number of aryl methyl sites for hydroxylation is 1. The lowest BCUT2D eigenvalue weighted by atomic mass is 10.2. The van der Waals surface area contributed by atoms with Crippen molar-refractivity contribution in [2.24, 2.45) is 0 Å². The fraction of sp³-hybridized carbons (Fsp3) is 0.667. The Kier molecular flexibility index (Phi) is 6.96. The van der Waals surface area contributed by atoms with Crippen molar-refractivity contribution >= 4 is 33.5 Å². The van der Waals surface area contributed by atoms with E-state index >= 15 is 0 Å². The van der Waals surface area contributed by atoms with Gasteiger partial charge in [-0.05, 0) is 35.5 Å². The van der Waals surface area contributed by atoms with E-state index in [0.717, 1.165) is 29.1 Å². The SMILES string of the molecule is CCCc1nc(Br)cc(NC(C)C(CO)SC)n1. The number of hydrogen-bond donors (Lipinski definition) is 2. The van der Waals surface area contributed by atoms with E-state index in [1.807, 2.05) is 19.2 Å². The smallest absolute Gasteiger partial charge is 0.132 e. The highest BCUT2D eigenvalue weighted by atomic mass is 79.9. The van der Waals surface area contributed by atoms with Gasteiger partial charge >= 0.3 is 0 Å². The molecule has 18 heavy (non-hydrogen) atoms. The zero-order chi connectivity index (χ0) is 13.5. The highest BCUT2D eigenvalue weighted by molar-refractivity contribution is 9.10. The van der Waals surface area contributed by atoms with E-state index in [1.165, 1.54) is 0 Å². The average molecular weight is 334 g/mol. The summed E-state index contributed by atoms with van der Waals surface area (Å²) in [6.07, 6.45) is 3.89. The van der Waals surface area contributed by atoms with Crippen LogP contribution in [-0.2, 0) is 6.42 Å². The number of rotatable bonds is 7. The predicted octanol–water partition coefficient (Wildman–Crippen LogP) is 2.72. The minimum Gasteiger partial charge on any atom is -0.395 e. The van der Waals surface area contributed by atoms with Gasteiger partial charge in [-0.3, -0.25) is 0 Å². The molecule has 2 atom stereocenters. The summed E-state index contributed by atoms with van der Waals surface area (Å²) in [5.74, 6) is 1.65. The molecule has 0 aromatic carbocycles. The van der Waals surface area contributed by atoms with Gasteiger partial charge in [-0.15, -0.1) is 0 Å². The van der Waals surface area contributed by atoms with Gasteiger partial charge < -0.3 is 10.4 Å². The predicted molar refractivity (Wildman–Crippen MR) is 81.2 cm³/mol.